The lowest BCUT2D eigenvalue weighted by molar-refractivity contribution is 0.0428. The van der Waals surface area contributed by atoms with Crippen LogP contribution in [0.4, 0.5) is 16.4 Å². The van der Waals surface area contributed by atoms with Crippen molar-refractivity contribution in [3.05, 3.63) is 36.7 Å². The van der Waals surface area contributed by atoms with E-state index in [9.17, 15) is 4.79 Å². The van der Waals surface area contributed by atoms with E-state index in [0.29, 0.717) is 58.6 Å². The summed E-state index contributed by atoms with van der Waals surface area (Å²) in [6, 6.07) is 10.2. The van der Waals surface area contributed by atoms with Crippen LogP contribution in [-0.2, 0) is 9.47 Å². The van der Waals surface area contributed by atoms with E-state index in [1.54, 1.807) is 6.33 Å². The van der Waals surface area contributed by atoms with Crippen LogP contribution >= 0.6 is 0 Å². The smallest absolute Gasteiger partial charge is 0.320 e. The van der Waals surface area contributed by atoms with Gasteiger partial charge in [0.1, 0.15) is 18.0 Å². The van der Waals surface area contributed by atoms with E-state index >= 15 is 0 Å². The van der Waals surface area contributed by atoms with E-state index in [-0.39, 0.29) is 6.03 Å². The highest BCUT2D eigenvalue weighted by atomic mass is 16.5. The first-order valence-electron chi connectivity index (χ1n) is 12.3. The Hall–Kier alpha value is -3.44. The summed E-state index contributed by atoms with van der Waals surface area (Å²) >= 11 is 0. The molecule has 3 aromatic rings. The standard InChI is InChI=1S/C24H30N8O3/c33-24(31-11-15-35-16-12-31)30-7-5-28(6-8-30)21-17-22(29-9-13-34-14-10-29)27-23(26-21)32-18-25-19-3-1-2-4-20(19)32/h1-4,17-18H,5-16H2. The quantitative estimate of drug-likeness (QED) is 0.555. The fraction of sp³-hybridized carbons (Fsp3) is 0.500. The van der Waals surface area contributed by atoms with E-state index in [1.807, 2.05) is 38.6 Å². The van der Waals surface area contributed by atoms with E-state index in [2.05, 4.69) is 20.9 Å². The highest BCUT2D eigenvalue weighted by Gasteiger charge is 2.28. The van der Waals surface area contributed by atoms with E-state index in [1.165, 1.54) is 0 Å². The zero-order valence-electron chi connectivity index (χ0n) is 19.8. The molecule has 0 unspecified atom stereocenters. The summed E-state index contributed by atoms with van der Waals surface area (Å²) in [6.45, 7) is 8.28. The van der Waals surface area contributed by atoms with Gasteiger partial charge in [-0.15, -0.1) is 0 Å². The molecule has 0 aliphatic carbocycles. The van der Waals surface area contributed by atoms with Crippen LogP contribution in [0.15, 0.2) is 36.7 Å². The average Bonchev–Trinajstić information content (AvgIpc) is 3.38. The molecule has 2 aromatic heterocycles. The molecular formula is C24H30N8O3. The van der Waals surface area contributed by atoms with Crippen molar-refractivity contribution in [3.8, 4) is 5.95 Å². The van der Waals surface area contributed by atoms with Crippen molar-refractivity contribution < 1.29 is 14.3 Å². The molecule has 0 bridgehead atoms. The highest BCUT2D eigenvalue weighted by molar-refractivity contribution is 5.77. The maximum Gasteiger partial charge on any atom is 0.320 e. The van der Waals surface area contributed by atoms with Gasteiger partial charge < -0.3 is 29.1 Å². The van der Waals surface area contributed by atoms with Crippen molar-refractivity contribution in [2.75, 3.05) is 88.6 Å². The molecule has 0 radical (unpaired) electrons. The topological polar surface area (TPSA) is 92.1 Å². The minimum atomic E-state index is 0.107. The number of amides is 2. The summed E-state index contributed by atoms with van der Waals surface area (Å²) < 4.78 is 12.9. The molecule has 0 atom stereocenters. The molecule has 5 heterocycles. The molecule has 6 rings (SSSR count). The third-order valence-corrected chi connectivity index (χ3v) is 6.85. The van der Waals surface area contributed by atoms with Crippen molar-refractivity contribution in [1.82, 2.24) is 29.3 Å². The number of nitrogens with zero attached hydrogens (tertiary/aromatic N) is 8. The van der Waals surface area contributed by atoms with Crippen molar-refractivity contribution in [3.63, 3.8) is 0 Å². The Morgan fingerprint density at radius 3 is 2.06 bits per heavy atom. The van der Waals surface area contributed by atoms with E-state index in [4.69, 9.17) is 19.4 Å². The molecule has 0 saturated carbocycles. The maximum atomic E-state index is 12.9. The third kappa shape index (κ3) is 4.48. The van der Waals surface area contributed by atoms with E-state index < -0.39 is 0 Å². The monoisotopic (exact) mass is 478 g/mol. The van der Waals surface area contributed by atoms with Crippen LogP contribution in [0.2, 0.25) is 0 Å². The zero-order valence-corrected chi connectivity index (χ0v) is 19.8. The molecule has 11 heteroatoms. The molecule has 3 aliphatic rings. The van der Waals surface area contributed by atoms with Crippen LogP contribution in [0.5, 0.6) is 0 Å². The maximum absolute atomic E-state index is 12.9. The number of rotatable bonds is 3. The van der Waals surface area contributed by atoms with Gasteiger partial charge in [0.25, 0.3) is 0 Å². The second-order valence-corrected chi connectivity index (χ2v) is 8.94. The molecule has 3 saturated heterocycles. The lowest BCUT2D eigenvalue weighted by Crippen LogP contribution is -2.55. The number of anilines is 2. The number of benzene rings is 1. The van der Waals surface area contributed by atoms with Crippen molar-refractivity contribution in [2.45, 2.75) is 0 Å². The Balaban J connectivity index is 1.26. The highest BCUT2D eigenvalue weighted by Crippen LogP contribution is 2.25. The van der Waals surface area contributed by atoms with Crippen molar-refractivity contribution in [1.29, 1.82) is 0 Å². The number of ether oxygens (including phenoxy) is 2. The van der Waals surface area contributed by atoms with Gasteiger partial charge in [0.15, 0.2) is 0 Å². The first-order chi connectivity index (χ1) is 17.3. The van der Waals surface area contributed by atoms with Crippen LogP contribution in [0, 0.1) is 0 Å². The number of morpholine rings is 2. The van der Waals surface area contributed by atoms with Gasteiger partial charge >= 0.3 is 6.03 Å². The van der Waals surface area contributed by atoms with Gasteiger partial charge in [-0.25, -0.2) is 9.78 Å². The van der Waals surface area contributed by atoms with Gasteiger partial charge in [-0.05, 0) is 12.1 Å². The Morgan fingerprint density at radius 1 is 0.743 bits per heavy atom. The number of imidazole rings is 1. The summed E-state index contributed by atoms with van der Waals surface area (Å²) in [6.07, 6.45) is 1.78. The predicted octanol–water partition coefficient (Wildman–Crippen LogP) is 1.23. The van der Waals surface area contributed by atoms with Gasteiger partial charge in [-0.1, -0.05) is 12.1 Å². The molecule has 184 valence electrons. The van der Waals surface area contributed by atoms with Gasteiger partial charge in [-0.3, -0.25) is 4.57 Å². The van der Waals surface area contributed by atoms with Crippen LogP contribution in [0.1, 0.15) is 0 Å². The van der Waals surface area contributed by atoms with Crippen LogP contribution < -0.4 is 9.80 Å². The molecule has 0 N–H and O–H groups in total. The van der Waals surface area contributed by atoms with Gasteiger partial charge in [-0.2, -0.15) is 9.97 Å². The molecule has 1 aromatic carbocycles. The number of fused-ring (bicyclic) bond motifs is 1. The van der Waals surface area contributed by atoms with Gasteiger partial charge in [0, 0.05) is 58.4 Å². The Morgan fingerprint density at radius 2 is 1.34 bits per heavy atom. The number of aromatic nitrogens is 4. The first kappa shape index (κ1) is 22.1. The fourth-order valence-corrected chi connectivity index (χ4v) is 4.83. The number of hydrogen-bond acceptors (Lipinski definition) is 8. The number of hydrogen-bond donors (Lipinski definition) is 0. The van der Waals surface area contributed by atoms with Crippen LogP contribution in [-0.4, -0.2) is 114 Å². The summed E-state index contributed by atoms with van der Waals surface area (Å²) in [7, 11) is 0. The second kappa shape index (κ2) is 9.67. The molecule has 0 spiro atoms. The minimum absolute atomic E-state index is 0.107. The molecular weight excluding hydrogens is 448 g/mol. The molecule has 35 heavy (non-hydrogen) atoms. The van der Waals surface area contributed by atoms with Gasteiger partial charge in [0.05, 0.1) is 37.5 Å². The number of piperazine rings is 1. The van der Waals surface area contributed by atoms with E-state index in [0.717, 1.165) is 48.8 Å². The normalized spacial score (nSPS) is 19.4. The summed E-state index contributed by atoms with van der Waals surface area (Å²) in [5, 5.41) is 0. The number of carbonyl (C=O) groups excluding carboxylic acids is 1. The van der Waals surface area contributed by atoms with Gasteiger partial charge in [0.2, 0.25) is 5.95 Å². The second-order valence-electron chi connectivity index (χ2n) is 8.94. The molecule has 3 aliphatic heterocycles. The van der Waals surface area contributed by atoms with Crippen molar-refractivity contribution in [2.24, 2.45) is 0 Å². The first-order valence-corrected chi connectivity index (χ1v) is 12.3. The number of urea groups is 1. The minimum Gasteiger partial charge on any atom is -0.378 e. The summed E-state index contributed by atoms with van der Waals surface area (Å²) in [4.78, 5) is 35.6. The third-order valence-electron chi connectivity index (χ3n) is 6.85. The SMILES string of the molecule is O=C(N1CCOCC1)N1CCN(c2cc(N3CCOCC3)nc(-n3cnc4ccccc43)n2)CC1. The average molecular weight is 479 g/mol. The Bertz CT molecular complexity index is 1180. The number of carbonyl (C=O) groups is 1. The van der Waals surface area contributed by atoms with Crippen LogP contribution in [0.25, 0.3) is 17.0 Å². The Kier molecular flexibility index (Phi) is 6.09. The molecule has 11 nitrogen and oxygen atoms in total. The lowest BCUT2D eigenvalue weighted by Gasteiger charge is -2.39. The zero-order chi connectivity index (χ0) is 23.6. The Labute approximate surface area is 203 Å². The fourth-order valence-electron chi connectivity index (χ4n) is 4.83. The van der Waals surface area contributed by atoms with Crippen LogP contribution in [0.3, 0.4) is 0 Å². The lowest BCUT2D eigenvalue weighted by atomic mass is 10.3. The summed E-state index contributed by atoms with van der Waals surface area (Å²) in [5.41, 5.74) is 1.88. The van der Waals surface area contributed by atoms with Crippen molar-refractivity contribution >= 4 is 28.7 Å². The molecule has 2 amide bonds. The summed E-state index contributed by atoms with van der Waals surface area (Å²) in [5.74, 6) is 2.36. The largest absolute Gasteiger partial charge is 0.378 e. The molecule has 3 fully saturated rings. The number of para-hydroxylation sites is 2. The predicted molar refractivity (Wildman–Crippen MR) is 131 cm³/mol.